The van der Waals surface area contributed by atoms with Crippen LogP contribution < -0.4 is 0 Å². The van der Waals surface area contributed by atoms with E-state index in [4.69, 9.17) is 9.73 Å². The molecule has 0 amide bonds. The van der Waals surface area contributed by atoms with Gasteiger partial charge >= 0.3 is 5.97 Å². The molecule has 2 bridgehead atoms. The third-order valence-electron chi connectivity index (χ3n) is 6.08. The first-order valence-corrected chi connectivity index (χ1v) is 7.18. The topological polar surface area (TPSA) is 38.7 Å². The highest BCUT2D eigenvalue weighted by Crippen LogP contribution is 2.66. The van der Waals surface area contributed by atoms with Crippen LogP contribution in [0.3, 0.4) is 0 Å². The lowest BCUT2D eigenvalue weighted by molar-refractivity contribution is -0.160. The van der Waals surface area contributed by atoms with Gasteiger partial charge in [-0.15, -0.1) is 6.58 Å². The molecule has 2 aliphatic carbocycles. The quantitative estimate of drug-likeness (QED) is 0.566. The molecule has 1 heterocycles. The van der Waals surface area contributed by atoms with E-state index < -0.39 is 5.54 Å². The number of nitrogens with zero attached hydrogens (tertiary/aromatic N) is 1. The number of rotatable bonds is 2. The summed E-state index contributed by atoms with van der Waals surface area (Å²) in [4.78, 5) is 17.1. The summed E-state index contributed by atoms with van der Waals surface area (Å²) in [5, 5.41) is 0. The van der Waals surface area contributed by atoms with E-state index >= 15 is 0 Å². The molecule has 3 heteroatoms. The summed E-state index contributed by atoms with van der Waals surface area (Å²) in [6.45, 7) is 12.4. The number of hydrogen-bond donors (Lipinski definition) is 0. The van der Waals surface area contributed by atoms with Crippen molar-refractivity contribution in [1.82, 2.24) is 0 Å². The number of fused-ring (bicyclic) bond motifs is 5. The first-order valence-electron chi connectivity index (χ1n) is 7.18. The van der Waals surface area contributed by atoms with Gasteiger partial charge in [-0.25, -0.2) is 4.79 Å². The van der Waals surface area contributed by atoms with Crippen LogP contribution in [0.2, 0.25) is 0 Å². The molecule has 0 unspecified atom stereocenters. The van der Waals surface area contributed by atoms with Gasteiger partial charge in [-0.2, -0.15) is 0 Å². The fourth-order valence-electron chi connectivity index (χ4n) is 4.32. The molecule has 0 spiro atoms. The molecule has 2 fully saturated rings. The van der Waals surface area contributed by atoms with Crippen LogP contribution in [0.1, 0.15) is 47.0 Å². The number of ether oxygens (including phenoxy) is 1. The summed E-state index contributed by atoms with van der Waals surface area (Å²) >= 11 is 0. The largest absolute Gasteiger partial charge is 0.454 e. The van der Waals surface area contributed by atoms with E-state index in [9.17, 15) is 4.79 Å². The number of hydrogen-bond acceptors (Lipinski definition) is 3. The maximum absolute atomic E-state index is 12.3. The molecule has 0 aromatic rings. The van der Waals surface area contributed by atoms with E-state index in [0.717, 1.165) is 12.1 Å². The minimum absolute atomic E-state index is 0.0433. The summed E-state index contributed by atoms with van der Waals surface area (Å²) < 4.78 is 5.83. The summed E-state index contributed by atoms with van der Waals surface area (Å²) in [7, 11) is 0. The van der Waals surface area contributed by atoms with Gasteiger partial charge in [0.05, 0.1) is 5.71 Å². The highest BCUT2D eigenvalue weighted by molar-refractivity contribution is 6.02. The lowest BCUT2D eigenvalue weighted by Gasteiger charge is -2.41. The summed E-state index contributed by atoms with van der Waals surface area (Å²) in [5.74, 6) is 0.269. The van der Waals surface area contributed by atoms with Gasteiger partial charge < -0.3 is 4.74 Å². The van der Waals surface area contributed by atoms with Crippen LogP contribution in [0.4, 0.5) is 0 Å². The van der Waals surface area contributed by atoms with Gasteiger partial charge in [0.25, 0.3) is 0 Å². The first kappa shape index (κ1) is 12.9. The van der Waals surface area contributed by atoms with E-state index in [1.54, 1.807) is 6.08 Å². The monoisotopic (exact) mass is 261 g/mol. The fourth-order valence-corrected chi connectivity index (χ4v) is 4.32. The third kappa shape index (κ3) is 1.34. The lowest BCUT2D eigenvalue weighted by Crippen LogP contribution is -2.50. The maximum atomic E-state index is 12.3. The Morgan fingerprint density at radius 3 is 2.74 bits per heavy atom. The molecule has 1 aliphatic heterocycles. The minimum atomic E-state index is -0.759. The Balaban J connectivity index is 2.10. The molecule has 0 aromatic carbocycles. The van der Waals surface area contributed by atoms with Crippen molar-refractivity contribution in [3.63, 3.8) is 0 Å². The highest BCUT2D eigenvalue weighted by Gasteiger charge is 2.68. The molecule has 3 rings (SSSR count). The van der Waals surface area contributed by atoms with Crippen LogP contribution >= 0.6 is 0 Å². The molecular weight excluding hydrogens is 238 g/mol. The second kappa shape index (κ2) is 3.50. The zero-order valence-electron chi connectivity index (χ0n) is 12.3. The van der Waals surface area contributed by atoms with Crippen molar-refractivity contribution < 1.29 is 9.53 Å². The molecule has 104 valence electrons. The molecular formula is C16H23NO2. The predicted molar refractivity (Wildman–Crippen MR) is 75.1 cm³/mol. The molecule has 4 atom stereocenters. The average Bonchev–Trinajstić information content (AvgIpc) is 2.62. The van der Waals surface area contributed by atoms with Gasteiger partial charge in [0.1, 0.15) is 6.10 Å². The van der Waals surface area contributed by atoms with Gasteiger partial charge in [-0.1, -0.05) is 26.8 Å². The second-order valence-electron chi connectivity index (χ2n) is 7.32. The number of aliphatic imine (C=N–C) groups is 1. The molecule has 2 saturated carbocycles. The molecule has 3 aliphatic rings. The predicted octanol–water partition coefficient (Wildman–Crippen LogP) is 3.14. The standard InChI is InChI=1S/C16H23NO2/c1-6-8-16(5)13(18)19-12-11(17-16)10-7-9-15(12,4)14(10,2)3/h6,10,12H,1,7-9H2,2-5H3/t10-,12-,15+,16-/m1/s1. The fraction of sp³-hybridized carbons (Fsp3) is 0.750. The van der Waals surface area contributed by atoms with Crippen LogP contribution in [-0.4, -0.2) is 23.3 Å². The maximum Gasteiger partial charge on any atom is 0.334 e. The van der Waals surface area contributed by atoms with Gasteiger partial charge in [-0.3, -0.25) is 4.99 Å². The molecule has 19 heavy (non-hydrogen) atoms. The second-order valence-corrected chi connectivity index (χ2v) is 7.32. The molecule has 0 saturated heterocycles. The van der Waals surface area contributed by atoms with Crippen molar-refractivity contribution >= 4 is 11.7 Å². The lowest BCUT2D eigenvalue weighted by atomic mass is 9.70. The SMILES string of the molecule is C=CC[C@@]1(C)N=C2[C@H]3CC[C@@](C)([C@@H]2OC1=O)C3(C)C. The average molecular weight is 261 g/mol. The van der Waals surface area contributed by atoms with Crippen LogP contribution in [0.25, 0.3) is 0 Å². The van der Waals surface area contributed by atoms with Gasteiger partial charge in [0, 0.05) is 17.8 Å². The smallest absolute Gasteiger partial charge is 0.334 e. The number of carbonyl (C=O) groups is 1. The summed E-state index contributed by atoms with van der Waals surface area (Å²) in [6, 6.07) is 0. The Morgan fingerprint density at radius 1 is 1.42 bits per heavy atom. The summed E-state index contributed by atoms with van der Waals surface area (Å²) in [6.07, 6.45) is 4.49. The van der Waals surface area contributed by atoms with E-state index in [0.29, 0.717) is 12.3 Å². The minimum Gasteiger partial charge on any atom is -0.454 e. The van der Waals surface area contributed by atoms with Crippen molar-refractivity contribution in [3.8, 4) is 0 Å². The van der Waals surface area contributed by atoms with Crippen molar-refractivity contribution in [2.75, 3.05) is 0 Å². The van der Waals surface area contributed by atoms with Gasteiger partial charge in [0.15, 0.2) is 5.54 Å². The zero-order valence-corrected chi connectivity index (χ0v) is 12.3. The van der Waals surface area contributed by atoms with Crippen molar-refractivity contribution in [3.05, 3.63) is 12.7 Å². The molecule has 0 N–H and O–H groups in total. The number of carbonyl (C=O) groups excluding carboxylic acids is 1. The highest BCUT2D eigenvalue weighted by atomic mass is 16.6. The Morgan fingerprint density at radius 2 is 2.11 bits per heavy atom. The van der Waals surface area contributed by atoms with Crippen LogP contribution in [0, 0.1) is 16.7 Å². The van der Waals surface area contributed by atoms with Crippen LogP contribution in [0.15, 0.2) is 17.6 Å². The van der Waals surface area contributed by atoms with Crippen molar-refractivity contribution in [1.29, 1.82) is 0 Å². The molecule has 3 nitrogen and oxygen atoms in total. The van der Waals surface area contributed by atoms with E-state index in [-0.39, 0.29) is 22.9 Å². The molecule has 0 radical (unpaired) electrons. The first-order chi connectivity index (χ1) is 8.76. The van der Waals surface area contributed by atoms with Crippen LogP contribution in [0.5, 0.6) is 0 Å². The summed E-state index contributed by atoms with van der Waals surface area (Å²) in [5.41, 5.74) is 0.574. The number of esters is 1. The van der Waals surface area contributed by atoms with E-state index in [2.05, 4.69) is 27.4 Å². The molecule has 0 aromatic heterocycles. The van der Waals surface area contributed by atoms with Crippen molar-refractivity contribution in [2.45, 2.75) is 58.6 Å². The Bertz CT molecular complexity index is 493. The Labute approximate surface area is 115 Å². The van der Waals surface area contributed by atoms with E-state index in [1.807, 2.05) is 6.92 Å². The van der Waals surface area contributed by atoms with E-state index in [1.165, 1.54) is 6.42 Å². The van der Waals surface area contributed by atoms with Crippen molar-refractivity contribution in [2.24, 2.45) is 21.7 Å². The van der Waals surface area contributed by atoms with Gasteiger partial charge in [-0.05, 0) is 25.2 Å². The van der Waals surface area contributed by atoms with Crippen LogP contribution in [-0.2, 0) is 9.53 Å². The Kier molecular flexibility index (Phi) is 2.37. The zero-order chi connectivity index (χ0) is 14.1. The normalized spacial score (nSPS) is 46.5. The van der Waals surface area contributed by atoms with Gasteiger partial charge in [0.2, 0.25) is 0 Å². The Hall–Kier alpha value is -1.12. The third-order valence-corrected chi connectivity index (χ3v) is 6.08.